The first-order valence-corrected chi connectivity index (χ1v) is 6.29. The zero-order valence-corrected chi connectivity index (χ0v) is 11.5. The van der Waals surface area contributed by atoms with E-state index in [0.29, 0.717) is 5.75 Å². The third kappa shape index (κ3) is 5.14. The highest BCUT2D eigenvalue weighted by Gasteiger charge is 2.23. The lowest BCUT2D eigenvalue weighted by atomic mass is 9.89. The number of benzene rings is 1. The van der Waals surface area contributed by atoms with E-state index in [1.165, 1.54) is 6.08 Å². The normalized spacial score (nSPS) is 15.8. The molecule has 0 saturated heterocycles. The van der Waals surface area contributed by atoms with Gasteiger partial charge in [0.25, 0.3) is 0 Å². The molecule has 0 fully saturated rings. The van der Waals surface area contributed by atoms with Crippen LogP contribution in [0.15, 0.2) is 42.7 Å². The van der Waals surface area contributed by atoms with Crippen molar-refractivity contribution in [3.8, 4) is 5.75 Å². The number of hydrogen-bond acceptors (Lipinski definition) is 4. The third-order valence-corrected chi connectivity index (χ3v) is 3.12. The Balaban J connectivity index is 2.46. The molecule has 2 atom stereocenters. The summed E-state index contributed by atoms with van der Waals surface area (Å²) < 4.78 is 9.70. The second-order valence-electron chi connectivity index (χ2n) is 4.62. The van der Waals surface area contributed by atoms with E-state index < -0.39 is 11.8 Å². The van der Waals surface area contributed by atoms with Crippen LogP contribution in [0.25, 0.3) is 0 Å². The van der Waals surface area contributed by atoms with Gasteiger partial charge in [0.05, 0.1) is 11.9 Å². The Morgan fingerprint density at radius 2 is 2.05 bits per heavy atom. The van der Waals surface area contributed by atoms with Crippen LogP contribution in [0, 0.1) is 5.92 Å². The lowest BCUT2D eigenvalue weighted by Gasteiger charge is -2.25. The molecule has 2 unspecified atom stereocenters. The molecule has 1 N–H and O–H groups in total. The highest BCUT2D eigenvalue weighted by Crippen LogP contribution is 2.21. The highest BCUT2D eigenvalue weighted by molar-refractivity contribution is 5.64. The van der Waals surface area contributed by atoms with Gasteiger partial charge < -0.3 is 14.6 Å². The van der Waals surface area contributed by atoms with Gasteiger partial charge in [-0.1, -0.05) is 38.5 Å². The molecule has 0 aliphatic rings. The first-order chi connectivity index (χ1) is 8.95. The third-order valence-electron chi connectivity index (χ3n) is 3.12. The minimum atomic E-state index is -1.01. The number of aliphatic hydroxyl groups is 1. The smallest absolute Gasteiger partial charge is 0.403 e. The topological polar surface area (TPSA) is 55.8 Å². The molecule has 0 saturated carbocycles. The van der Waals surface area contributed by atoms with Crippen molar-refractivity contribution in [3.63, 3.8) is 0 Å². The molecular formula is C15H20O4. The van der Waals surface area contributed by atoms with E-state index in [-0.39, 0.29) is 5.92 Å². The molecule has 1 rings (SSSR count). The van der Waals surface area contributed by atoms with Gasteiger partial charge in [-0.25, -0.2) is 4.79 Å². The molecule has 0 spiro atoms. The van der Waals surface area contributed by atoms with Crippen molar-refractivity contribution in [1.29, 1.82) is 0 Å². The highest BCUT2D eigenvalue weighted by atomic mass is 16.7. The Labute approximate surface area is 113 Å². The van der Waals surface area contributed by atoms with Gasteiger partial charge >= 0.3 is 6.16 Å². The summed E-state index contributed by atoms with van der Waals surface area (Å²) in [6.45, 7) is 5.58. The second-order valence-corrected chi connectivity index (χ2v) is 4.62. The number of carbonyl (C=O) groups excluding carboxylic acids is 1. The van der Waals surface area contributed by atoms with Crippen LogP contribution in [-0.4, -0.2) is 16.9 Å². The fourth-order valence-corrected chi connectivity index (χ4v) is 1.41. The van der Waals surface area contributed by atoms with Crippen molar-refractivity contribution in [1.82, 2.24) is 0 Å². The van der Waals surface area contributed by atoms with Crippen LogP contribution < -0.4 is 4.74 Å². The summed E-state index contributed by atoms with van der Waals surface area (Å²) in [4.78, 5) is 11.4. The zero-order valence-electron chi connectivity index (χ0n) is 11.5. The summed E-state index contributed by atoms with van der Waals surface area (Å²) >= 11 is 0. The van der Waals surface area contributed by atoms with Gasteiger partial charge in [-0.05, 0) is 31.1 Å². The Hall–Kier alpha value is -1.81. The van der Waals surface area contributed by atoms with E-state index in [1.807, 2.05) is 19.9 Å². The molecule has 0 aliphatic heterocycles. The van der Waals surface area contributed by atoms with Gasteiger partial charge in [-0.3, -0.25) is 0 Å². The van der Waals surface area contributed by atoms with Crippen LogP contribution in [-0.2, 0) is 4.74 Å². The largest absolute Gasteiger partial charge is 0.518 e. The number of ether oxygens (including phenoxy) is 2. The number of carbonyl (C=O) groups is 1. The lowest BCUT2D eigenvalue weighted by Crippen LogP contribution is -2.29. The zero-order chi connectivity index (χ0) is 14.3. The second kappa shape index (κ2) is 6.95. The van der Waals surface area contributed by atoms with Crippen molar-refractivity contribution in [2.75, 3.05) is 0 Å². The average Bonchev–Trinajstić information content (AvgIpc) is 2.38. The first-order valence-electron chi connectivity index (χ1n) is 6.29. The molecule has 0 aliphatic carbocycles. The SMILES string of the molecule is CCC(C)C(C)(O)/C=C\OC(=O)Oc1ccccc1. The average molecular weight is 264 g/mol. The number of para-hydroxylation sites is 1. The van der Waals surface area contributed by atoms with E-state index in [4.69, 9.17) is 9.47 Å². The standard InChI is InChI=1S/C15H20O4/c1-4-12(2)15(3,17)10-11-18-14(16)19-13-8-6-5-7-9-13/h5-12,17H,4H2,1-3H3/b11-10-. The van der Waals surface area contributed by atoms with Gasteiger partial charge in [0.1, 0.15) is 5.75 Å². The van der Waals surface area contributed by atoms with Gasteiger partial charge in [-0.2, -0.15) is 0 Å². The summed E-state index contributed by atoms with van der Waals surface area (Å²) in [7, 11) is 0. The van der Waals surface area contributed by atoms with Gasteiger partial charge in [0.15, 0.2) is 0 Å². The maximum Gasteiger partial charge on any atom is 0.518 e. The molecule has 0 radical (unpaired) electrons. The van der Waals surface area contributed by atoms with E-state index in [2.05, 4.69) is 0 Å². The van der Waals surface area contributed by atoms with Crippen LogP contribution in [0.5, 0.6) is 5.75 Å². The Morgan fingerprint density at radius 1 is 1.42 bits per heavy atom. The Kier molecular flexibility index (Phi) is 5.57. The molecule has 19 heavy (non-hydrogen) atoms. The van der Waals surface area contributed by atoms with Crippen LogP contribution >= 0.6 is 0 Å². The maximum atomic E-state index is 11.4. The van der Waals surface area contributed by atoms with Crippen LogP contribution in [0.4, 0.5) is 4.79 Å². The maximum absolute atomic E-state index is 11.4. The summed E-state index contributed by atoms with van der Waals surface area (Å²) in [5.74, 6) is 0.479. The minimum Gasteiger partial charge on any atom is -0.403 e. The van der Waals surface area contributed by atoms with Crippen molar-refractivity contribution in [2.45, 2.75) is 32.8 Å². The molecule has 0 bridgehead atoms. The lowest BCUT2D eigenvalue weighted by molar-refractivity contribution is 0.0498. The minimum absolute atomic E-state index is 0.0671. The van der Waals surface area contributed by atoms with E-state index in [0.717, 1.165) is 12.7 Å². The van der Waals surface area contributed by atoms with E-state index in [1.54, 1.807) is 31.2 Å². The molecular weight excluding hydrogens is 244 g/mol. The monoisotopic (exact) mass is 264 g/mol. The summed E-state index contributed by atoms with van der Waals surface area (Å²) in [5, 5.41) is 10.1. The van der Waals surface area contributed by atoms with Crippen LogP contribution in [0.1, 0.15) is 27.2 Å². The summed E-state index contributed by atoms with van der Waals surface area (Å²) in [6, 6.07) is 8.64. The van der Waals surface area contributed by atoms with Gasteiger partial charge in [0.2, 0.25) is 0 Å². The van der Waals surface area contributed by atoms with Crippen LogP contribution in [0.2, 0.25) is 0 Å². The van der Waals surface area contributed by atoms with Crippen molar-refractivity contribution >= 4 is 6.16 Å². The van der Waals surface area contributed by atoms with Crippen molar-refractivity contribution < 1.29 is 19.4 Å². The molecule has 1 aromatic carbocycles. The molecule has 0 aromatic heterocycles. The molecule has 0 amide bonds. The van der Waals surface area contributed by atoms with Crippen molar-refractivity contribution in [3.05, 3.63) is 42.7 Å². The predicted molar refractivity (Wildman–Crippen MR) is 72.8 cm³/mol. The van der Waals surface area contributed by atoms with Crippen molar-refractivity contribution in [2.24, 2.45) is 5.92 Å². The summed E-state index contributed by atoms with van der Waals surface area (Å²) in [6.07, 6.45) is 2.61. The van der Waals surface area contributed by atoms with Gasteiger partial charge in [-0.15, -0.1) is 0 Å². The van der Waals surface area contributed by atoms with Gasteiger partial charge in [0, 0.05) is 0 Å². The molecule has 1 aromatic rings. The summed E-state index contributed by atoms with van der Waals surface area (Å²) in [5.41, 5.74) is -1.01. The Bertz CT molecular complexity index is 423. The Morgan fingerprint density at radius 3 is 2.63 bits per heavy atom. The molecule has 4 nitrogen and oxygen atoms in total. The molecule has 104 valence electrons. The molecule has 0 heterocycles. The van der Waals surface area contributed by atoms with Crippen LogP contribution in [0.3, 0.4) is 0 Å². The predicted octanol–water partition coefficient (Wildman–Crippen LogP) is 3.51. The fraction of sp³-hybridized carbons (Fsp3) is 0.400. The van der Waals surface area contributed by atoms with E-state index in [9.17, 15) is 9.90 Å². The molecule has 4 heteroatoms. The van der Waals surface area contributed by atoms with E-state index >= 15 is 0 Å². The number of hydrogen-bond donors (Lipinski definition) is 1. The first kappa shape index (κ1) is 15.2. The quantitative estimate of drug-likeness (QED) is 0.502. The fourth-order valence-electron chi connectivity index (χ4n) is 1.41. The number of rotatable bonds is 5.